The molecule has 1 aliphatic rings. The maximum atomic E-state index is 11.9. The smallest absolute Gasteiger partial charge is 0.227 e. The van der Waals surface area contributed by atoms with E-state index in [1.807, 2.05) is 0 Å². The molecule has 0 aliphatic heterocycles. The fourth-order valence-electron chi connectivity index (χ4n) is 2.01. The minimum absolute atomic E-state index is 0.173. The van der Waals surface area contributed by atoms with Gasteiger partial charge in [0.1, 0.15) is 0 Å². The molecule has 0 saturated heterocycles. The predicted octanol–water partition coefficient (Wildman–Crippen LogP) is 1.42. The maximum absolute atomic E-state index is 11.9. The molecule has 0 bridgehead atoms. The van der Waals surface area contributed by atoms with E-state index in [1.165, 1.54) is 0 Å². The van der Waals surface area contributed by atoms with Crippen molar-refractivity contribution in [3.8, 4) is 0 Å². The number of carbonyl (C=O) groups is 1. The summed E-state index contributed by atoms with van der Waals surface area (Å²) in [7, 11) is 0. The van der Waals surface area contributed by atoms with E-state index in [2.05, 4.69) is 19.2 Å². The summed E-state index contributed by atoms with van der Waals surface area (Å²) in [6.45, 7) is 4.69. The first-order valence-electron chi connectivity index (χ1n) is 5.65. The summed E-state index contributed by atoms with van der Waals surface area (Å²) in [5.74, 6) is 0.173. The second-order valence-electron chi connectivity index (χ2n) is 4.50. The first-order chi connectivity index (χ1) is 6.64. The van der Waals surface area contributed by atoms with Crippen molar-refractivity contribution in [1.29, 1.82) is 0 Å². The second-order valence-corrected chi connectivity index (χ2v) is 4.50. The number of hydrogen-bond acceptors (Lipinski definition) is 2. The molecule has 82 valence electrons. The van der Waals surface area contributed by atoms with Crippen LogP contribution in [0.2, 0.25) is 0 Å². The van der Waals surface area contributed by atoms with E-state index in [4.69, 9.17) is 5.73 Å². The van der Waals surface area contributed by atoms with Crippen LogP contribution in [-0.4, -0.2) is 18.5 Å². The molecular formula is C11H22N2O. The zero-order valence-corrected chi connectivity index (χ0v) is 9.31. The van der Waals surface area contributed by atoms with Gasteiger partial charge in [0.05, 0.1) is 5.41 Å². The average molecular weight is 198 g/mol. The standard InChI is InChI=1S/C11H22N2O/c1-3-5-9(2)13-10(14)11(8-12)6-4-7-11/h9H,3-8,12H2,1-2H3,(H,13,14). The molecule has 1 saturated carbocycles. The van der Waals surface area contributed by atoms with Gasteiger partial charge >= 0.3 is 0 Å². The number of rotatable bonds is 5. The molecule has 0 radical (unpaired) electrons. The normalized spacial score (nSPS) is 21.1. The number of nitrogens with one attached hydrogen (secondary N) is 1. The first kappa shape index (κ1) is 11.5. The van der Waals surface area contributed by atoms with Crippen LogP contribution in [0.3, 0.4) is 0 Å². The Morgan fingerprint density at radius 2 is 2.21 bits per heavy atom. The SMILES string of the molecule is CCCC(C)NC(=O)C1(CN)CCC1. The second kappa shape index (κ2) is 4.78. The zero-order chi connectivity index (χ0) is 10.6. The summed E-state index contributed by atoms with van der Waals surface area (Å²) in [4.78, 5) is 11.9. The van der Waals surface area contributed by atoms with Crippen LogP contribution in [0.4, 0.5) is 0 Å². The van der Waals surface area contributed by atoms with Gasteiger partial charge in [-0.25, -0.2) is 0 Å². The summed E-state index contributed by atoms with van der Waals surface area (Å²) in [5, 5.41) is 3.06. The van der Waals surface area contributed by atoms with Gasteiger partial charge in [-0.05, 0) is 26.2 Å². The molecule has 0 spiro atoms. The summed E-state index contributed by atoms with van der Waals surface area (Å²) in [6, 6.07) is 0.288. The average Bonchev–Trinajstić information content (AvgIpc) is 2.03. The van der Waals surface area contributed by atoms with Crippen LogP contribution in [0.5, 0.6) is 0 Å². The maximum Gasteiger partial charge on any atom is 0.227 e. The summed E-state index contributed by atoms with van der Waals surface area (Å²) in [6.07, 6.45) is 5.23. The van der Waals surface area contributed by atoms with Crippen LogP contribution >= 0.6 is 0 Å². The van der Waals surface area contributed by atoms with Gasteiger partial charge in [-0.1, -0.05) is 19.8 Å². The Balaban J connectivity index is 2.40. The Hall–Kier alpha value is -0.570. The van der Waals surface area contributed by atoms with E-state index in [0.717, 1.165) is 32.1 Å². The third kappa shape index (κ3) is 2.27. The van der Waals surface area contributed by atoms with E-state index in [-0.39, 0.29) is 17.4 Å². The molecule has 3 nitrogen and oxygen atoms in total. The molecule has 0 heterocycles. The van der Waals surface area contributed by atoms with E-state index in [0.29, 0.717) is 6.54 Å². The van der Waals surface area contributed by atoms with Gasteiger partial charge in [-0.15, -0.1) is 0 Å². The number of carbonyl (C=O) groups excluding carboxylic acids is 1. The number of amides is 1. The Morgan fingerprint density at radius 1 is 1.57 bits per heavy atom. The van der Waals surface area contributed by atoms with Crippen molar-refractivity contribution < 1.29 is 4.79 Å². The van der Waals surface area contributed by atoms with E-state index < -0.39 is 0 Å². The molecular weight excluding hydrogens is 176 g/mol. The Kier molecular flexibility index (Phi) is 3.93. The third-order valence-electron chi connectivity index (χ3n) is 3.28. The van der Waals surface area contributed by atoms with E-state index in [9.17, 15) is 4.79 Å². The number of hydrogen-bond donors (Lipinski definition) is 2. The quantitative estimate of drug-likeness (QED) is 0.702. The minimum atomic E-state index is -0.220. The van der Waals surface area contributed by atoms with Crippen molar-refractivity contribution in [3.05, 3.63) is 0 Å². The monoisotopic (exact) mass is 198 g/mol. The van der Waals surface area contributed by atoms with Crippen molar-refractivity contribution in [3.63, 3.8) is 0 Å². The molecule has 3 N–H and O–H groups in total. The van der Waals surface area contributed by atoms with Gasteiger partial charge in [-0.3, -0.25) is 4.79 Å². The highest BCUT2D eigenvalue weighted by Gasteiger charge is 2.42. The fourth-order valence-corrected chi connectivity index (χ4v) is 2.01. The van der Waals surface area contributed by atoms with Crippen molar-refractivity contribution >= 4 is 5.91 Å². The lowest BCUT2D eigenvalue weighted by Gasteiger charge is -2.39. The van der Waals surface area contributed by atoms with Crippen LogP contribution in [0.1, 0.15) is 46.0 Å². The fraction of sp³-hybridized carbons (Fsp3) is 0.909. The molecule has 1 atom stereocenters. The molecule has 0 aromatic rings. The van der Waals surface area contributed by atoms with Gasteiger partial charge in [0.25, 0.3) is 0 Å². The Bertz CT molecular complexity index is 194. The van der Waals surface area contributed by atoms with Gasteiger partial charge in [0, 0.05) is 12.6 Å². The van der Waals surface area contributed by atoms with Crippen LogP contribution < -0.4 is 11.1 Å². The highest BCUT2D eigenvalue weighted by atomic mass is 16.2. The molecule has 1 aliphatic carbocycles. The Labute approximate surface area is 86.4 Å². The summed E-state index contributed by atoms with van der Waals surface area (Å²) >= 11 is 0. The molecule has 0 aromatic carbocycles. The highest BCUT2D eigenvalue weighted by molar-refractivity contribution is 5.84. The first-order valence-corrected chi connectivity index (χ1v) is 5.65. The molecule has 1 unspecified atom stereocenters. The van der Waals surface area contributed by atoms with Crippen molar-refractivity contribution in [2.45, 2.75) is 52.0 Å². The molecule has 1 amide bonds. The van der Waals surface area contributed by atoms with Gasteiger partial charge in [0.15, 0.2) is 0 Å². The van der Waals surface area contributed by atoms with Gasteiger partial charge in [0.2, 0.25) is 5.91 Å². The summed E-state index contributed by atoms with van der Waals surface area (Å²) < 4.78 is 0. The molecule has 1 fully saturated rings. The van der Waals surface area contributed by atoms with Gasteiger partial charge in [-0.2, -0.15) is 0 Å². The molecule has 14 heavy (non-hydrogen) atoms. The third-order valence-corrected chi connectivity index (χ3v) is 3.28. The van der Waals surface area contributed by atoms with Crippen molar-refractivity contribution in [2.24, 2.45) is 11.1 Å². The van der Waals surface area contributed by atoms with Crippen LogP contribution in [0.25, 0.3) is 0 Å². The lowest BCUT2D eigenvalue weighted by atomic mass is 9.68. The number of nitrogens with two attached hydrogens (primary N) is 1. The Morgan fingerprint density at radius 3 is 2.57 bits per heavy atom. The van der Waals surface area contributed by atoms with Gasteiger partial charge < -0.3 is 11.1 Å². The van der Waals surface area contributed by atoms with Crippen LogP contribution in [-0.2, 0) is 4.79 Å². The largest absolute Gasteiger partial charge is 0.353 e. The van der Waals surface area contributed by atoms with E-state index in [1.54, 1.807) is 0 Å². The van der Waals surface area contributed by atoms with Crippen LogP contribution in [0.15, 0.2) is 0 Å². The molecule has 3 heteroatoms. The zero-order valence-electron chi connectivity index (χ0n) is 9.31. The van der Waals surface area contributed by atoms with Crippen LogP contribution in [0, 0.1) is 5.41 Å². The summed E-state index contributed by atoms with van der Waals surface area (Å²) in [5.41, 5.74) is 5.44. The molecule has 0 aromatic heterocycles. The molecule has 1 rings (SSSR count). The lowest BCUT2D eigenvalue weighted by molar-refractivity contribution is -0.135. The van der Waals surface area contributed by atoms with Crippen molar-refractivity contribution in [1.82, 2.24) is 5.32 Å². The minimum Gasteiger partial charge on any atom is -0.353 e. The topological polar surface area (TPSA) is 55.1 Å². The van der Waals surface area contributed by atoms with Crippen molar-refractivity contribution in [2.75, 3.05) is 6.54 Å². The lowest BCUT2D eigenvalue weighted by Crippen LogP contribution is -2.52. The highest BCUT2D eigenvalue weighted by Crippen LogP contribution is 2.40. The van der Waals surface area contributed by atoms with E-state index >= 15 is 0 Å². The predicted molar refractivity (Wildman–Crippen MR) is 57.9 cm³/mol.